The second-order valence-electron chi connectivity index (χ2n) is 3.88. The number of ether oxygens (including phenoxy) is 1. The Morgan fingerprint density at radius 1 is 1.56 bits per heavy atom. The van der Waals surface area contributed by atoms with Gasteiger partial charge in [-0.1, -0.05) is 0 Å². The molecule has 0 spiro atoms. The predicted molar refractivity (Wildman–Crippen MR) is 53.7 cm³/mol. The number of aromatic nitrogens is 2. The fourth-order valence-electron chi connectivity index (χ4n) is 1.86. The van der Waals surface area contributed by atoms with E-state index in [2.05, 4.69) is 4.98 Å². The summed E-state index contributed by atoms with van der Waals surface area (Å²) in [5, 5.41) is 28.2. The minimum Gasteiger partial charge on any atom is -0.394 e. The molecule has 0 saturated carbocycles. The molecule has 1 aromatic rings. The number of amides is 1. The summed E-state index contributed by atoms with van der Waals surface area (Å²) >= 11 is 0. The number of nitrogens with zero attached hydrogens (tertiary/aromatic N) is 2. The first kappa shape index (κ1) is 12.9. The monoisotopic (exact) mass is 261 g/mol. The average molecular weight is 261 g/mol. The zero-order valence-electron chi connectivity index (χ0n) is 9.10. The van der Waals surface area contributed by atoms with Gasteiger partial charge < -0.3 is 25.8 Å². The van der Waals surface area contributed by atoms with E-state index in [0.717, 1.165) is 6.20 Å². The number of nitrogens with two attached hydrogens (primary N) is 1. The third-order valence-electron chi connectivity index (χ3n) is 2.78. The maximum atomic E-state index is 13.5. The summed E-state index contributed by atoms with van der Waals surface area (Å²) < 4.78 is 19.2. The van der Waals surface area contributed by atoms with Crippen LogP contribution in [-0.2, 0) is 4.74 Å². The van der Waals surface area contributed by atoms with E-state index in [1.807, 2.05) is 0 Å². The van der Waals surface area contributed by atoms with Gasteiger partial charge in [0.25, 0.3) is 12.0 Å². The minimum atomic E-state index is -1.51. The van der Waals surface area contributed by atoms with Crippen molar-refractivity contribution in [3.8, 4) is 0 Å². The summed E-state index contributed by atoms with van der Waals surface area (Å²) in [6, 6.07) is 0. The smallest absolute Gasteiger partial charge is 0.292 e. The highest BCUT2D eigenvalue weighted by Crippen LogP contribution is 2.30. The molecule has 100 valence electrons. The van der Waals surface area contributed by atoms with Gasteiger partial charge in [-0.3, -0.25) is 9.36 Å². The molecule has 0 aromatic carbocycles. The zero-order valence-corrected chi connectivity index (χ0v) is 9.10. The normalized spacial score (nSPS) is 31.8. The van der Waals surface area contributed by atoms with Gasteiger partial charge in [-0.05, 0) is 0 Å². The third kappa shape index (κ3) is 1.86. The van der Waals surface area contributed by atoms with Gasteiger partial charge in [-0.2, -0.15) is 4.39 Å². The van der Waals surface area contributed by atoms with Crippen LogP contribution < -0.4 is 5.73 Å². The lowest BCUT2D eigenvalue weighted by atomic mass is 10.1. The predicted octanol–water partition coefficient (Wildman–Crippen LogP) is -2.27. The number of halogens is 1. The molecule has 1 amide bonds. The number of aliphatic hydroxyl groups is 3. The molecule has 2 rings (SSSR count). The van der Waals surface area contributed by atoms with Crippen molar-refractivity contribution in [1.82, 2.24) is 9.55 Å². The summed E-state index contributed by atoms with van der Waals surface area (Å²) in [6.07, 6.45) is -5.55. The van der Waals surface area contributed by atoms with E-state index in [1.165, 1.54) is 0 Å². The number of aliphatic hydroxyl groups excluding tert-OH is 3. The van der Waals surface area contributed by atoms with Gasteiger partial charge in [-0.25, -0.2) is 4.98 Å². The Balaban J connectivity index is 2.38. The molecule has 4 atom stereocenters. The van der Waals surface area contributed by atoms with Crippen molar-refractivity contribution in [3.63, 3.8) is 0 Å². The van der Waals surface area contributed by atoms with E-state index >= 15 is 0 Å². The van der Waals surface area contributed by atoms with Crippen LogP contribution in [0.4, 0.5) is 4.39 Å². The molecule has 5 N–H and O–H groups in total. The Labute approximate surface area is 100 Å². The van der Waals surface area contributed by atoms with Gasteiger partial charge in [-0.15, -0.1) is 0 Å². The van der Waals surface area contributed by atoms with Crippen LogP contribution in [0.1, 0.15) is 16.7 Å². The molecule has 1 aliphatic rings. The van der Waals surface area contributed by atoms with Gasteiger partial charge in [0.05, 0.1) is 12.8 Å². The number of carbonyl (C=O) groups excluding carboxylic acids is 1. The molecule has 0 bridgehead atoms. The number of carbonyl (C=O) groups is 1. The molecule has 8 nitrogen and oxygen atoms in total. The van der Waals surface area contributed by atoms with Crippen LogP contribution in [0.25, 0.3) is 0 Å². The molecular formula is C9H12FN3O5. The van der Waals surface area contributed by atoms with Crippen LogP contribution in [0, 0.1) is 6.08 Å². The average Bonchev–Trinajstić information content (AvgIpc) is 2.82. The maximum absolute atomic E-state index is 13.5. The van der Waals surface area contributed by atoms with Crippen molar-refractivity contribution in [2.24, 2.45) is 5.73 Å². The van der Waals surface area contributed by atoms with E-state index in [4.69, 9.17) is 15.6 Å². The molecular weight excluding hydrogens is 249 g/mol. The first-order valence-corrected chi connectivity index (χ1v) is 5.12. The minimum absolute atomic E-state index is 0.303. The van der Waals surface area contributed by atoms with Gasteiger partial charge in [0, 0.05) is 0 Å². The summed E-state index contributed by atoms with van der Waals surface area (Å²) in [7, 11) is 0. The van der Waals surface area contributed by atoms with Crippen LogP contribution in [0.15, 0.2) is 6.20 Å². The summed E-state index contributed by atoms with van der Waals surface area (Å²) in [5.74, 6) is -0.955. The second-order valence-corrected chi connectivity index (χ2v) is 3.88. The summed E-state index contributed by atoms with van der Waals surface area (Å²) in [6.45, 7) is -0.559. The first-order valence-electron chi connectivity index (χ1n) is 5.12. The van der Waals surface area contributed by atoms with E-state index < -0.39 is 43.1 Å². The van der Waals surface area contributed by atoms with Crippen LogP contribution in [0.5, 0.6) is 0 Å². The zero-order chi connectivity index (χ0) is 13.4. The number of hydrogen-bond acceptors (Lipinski definition) is 6. The van der Waals surface area contributed by atoms with Crippen molar-refractivity contribution in [2.45, 2.75) is 24.5 Å². The Hall–Kier alpha value is -1.55. The highest BCUT2D eigenvalue weighted by atomic mass is 19.1. The molecule has 1 saturated heterocycles. The summed E-state index contributed by atoms with van der Waals surface area (Å²) in [4.78, 5) is 14.3. The van der Waals surface area contributed by atoms with E-state index in [0.29, 0.717) is 4.57 Å². The number of rotatable bonds is 3. The van der Waals surface area contributed by atoms with Crippen molar-refractivity contribution in [3.05, 3.63) is 18.0 Å². The largest absolute Gasteiger partial charge is 0.394 e. The third-order valence-corrected chi connectivity index (χ3v) is 2.78. The highest BCUT2D eigenvalue weighted by Gasteiger charge is 2.45. The SMILES string of the molecule is NC(=O)c1cnc(F)n1C1OC(CO)C(O)C1O. The fraction of sp³-hybridized carbons (Fsp3) is 0.556. The Bertz CT molecular complexity index is 465. The molecule has 18 heavy (non-hydrogen) atoms. The Kier molecular flexibility index (Phi) is 3.30. The highest BCUT2D eigenvalue weighted by molar-refractivity contribution is 5.90. The fourth-order valence-corrected chi connectivity index (χ4v) is 1.86. The Morgan fingerprint density at radius 3 is 2.72 bits per heavy atom. The molecule has 1 aromatic heterocycles. The molecule has 1 aliphatic heterocycles. The van der Waals surface area contributed by atoms with Crippen molar-refractivity contribution >= 4 is 5.91 Å². The van der Waals surface area contributed by atoms with Gasteiger partial charge in [0.1, 0.15) is 24.0 Å². The van der Waals surface area contributed by atoms with Crippen LogP contribution in [-0.4, -0.2) is 55.7 Å². The maximum Gasteiger partial charge on any atom is 0.292 e. The topological polar surface area (TPSA) is 131 Å². The standard InChI is InChI=1S/C9H12FN3O5/c10-9-12-1-3(7(11)17)13(9)8-6(16)5(15)4(2-14)18-8/h1,4-6,8,14-16H,2H2,(H2,11,17). The lowest BCUT2D eigenvalue weighted by Crippen LogP contribution is -2.34. The molecule has 4 unspecified atom stereocenters. The molecule has 2 heterocycles. The van der Waals surface area contributed by atoms with Crippen LogP contribution in [0.3, 0.4) is 0 Å². The molecule has 0 radical (unpaired) electrons. The van der Waals surface area contributed by atoms with E-state index in [-0.39, 0.29) is 5.69 Å². The van der Waals surface area contributed by atoms with Crippen molar-refractivity contribution in [2.75, 3.05) is 6.61 Å². The summed E-state index contributed by atoms with van der Waals surface area (Å²) in [5.41, 5.74) is 4.72. The van der Waals surface area contributed by atoms with Crippen molar-refractivity contribution < 1.29 is 29.2 Å². The Morgan fingerprint density at radius 2 is 2.22 bits per heavy atom. The quantitative estimate of drug-likeness (QED) is 0.485. The second kappa shape index (κ2) is 4.61. The number of hydrogen-bond donors (Lipinski definition) is 4. The lowest BCUT2D eigenvalue weighted by Gasteiger charge is -2.18. The molecule has 9 heteroatoms. The van der Waals surface area contributed by atoms with Crippen LogP contribution in [0.2, 0.25) is 0 Å². The van der Waals surface area contributed by atoms with Crippen LogP contribution >= 0.6 is 0 Å². The molecule has 1 fully saturated rings. The first-order chi connectivity index (χ1) is 8.47. The number of imidazole rings is 1. The lowest BCUT2D eigenvalue weighted by molar-refractivity contribution is -0.0583. The van der Waals surface area contributed by atoms with Gasteiger partial charge in [0.15, 0.2) is 6.23 Å². The van der Waals surface area contributed by atoms with E-state index in [1.54, 1.807) is 0 Å². The van der Waals surface area contributed by atoms with Gasteiger partial charge in [0.2, 0.25) is 0 Å². The van der Waals surface area contributed by atoms with E-state index in [9.17, 15) is 19.4 Å². The number of primary amides is 1. The van der Waals surface area contributed by atoms with Crippen molar-refractivity contribution in [1.29, 1.82) is 0 Å². The molecule has 0 aliphatic carbocycles. The van der Waals surface area contributed by atoms with Gasteiger partial charge >= 0.3 is 0 Å².